The molecule has 2 heterocycles. The largest absolute Gasteiger partial charge is 0.378 e. The summed E-state index contributed by atoms with van der Waals surface area (Å²) in [6, 6.07) is 1.02. The molecule has 2 aliphatic heterocycles. The maximum Gasteiger partial charge on any atom is 0.0587 e. The molecule has 0 bridgehead atoms. The molecular formula is C14H28N2O. The molecule has 0 aliphatic carbocycles. The van der Waals surface area contributed by atoms with Gasteiger partial charge in [0.1, 0.15) is 0 Å². The third-order valence-corrected chi connectivity index (χ3v) is 4.77. The van der Waals surface area contributed by atoms with Crippen LogP contribution < -0.4 is 5.73 Å². The Labute approximate surface area is 106 Å². The Hall–Kier alpha value is -0.120. The fourth-order valence-electron chi connectivity index (χ4n) is 3.13. The van der Waals surface area contributed by atoms with Gasteiger partial charge >= 0.3 is 0 Å². The maximum absolute atomic E-state index is 6.12. The monoisotopic (exact) mass is 240 g/mol. The van der Waals surface area contributed by atoms with E-state index in [-0.39, 0.29) is 0 Å². The van der Waals surface area contributed by atoms with Crippen molar-refractivity contribution in [3.8, 4) is 0 Å². The van der Waals surface area contributed by atoms with Gasteiger partial charge in [-0.2, -0.15) is 0 Å². The van der Waals surface area contributed by atoms with E-state index in [1.165, 1.54) is 38.8 Å². The van der Waals surface area contributed by atoms with Gasteiger partial charge in [-0.25, -0.2) is 0 Å². The Kier molecular flexibility index (Phi) is 4.83. The van der Waals surface area contributed by atoms with Gasteiger partial charge < -0.3 is 15.4 Å². The highest BCUT2D eigenvalue weighted by atomic mass is 16.5. The van der Waals surface area contributed by atoms with E-state index in [1.54, 1.807) is 0 Å². The first-order chi connectivity index (χ1) is 8.18. The van der Waals surface area contributed by atoms with Crippen LogP contribution in [0.3, 0.4) is 0 Å². The maximum atomic E-state index is 6.12. The Bertz CT molecular complexity index is 228. The van der Waals surface area contributed by atoms with Crippen molar-refractivity contribution < 1.29 is 4.74 Å². The lowest BCUT2D eigenvalue weighted by atomic mass is 9.87. The molecule has 2 N–H and O–H groups in total. The van der Waals surface area contributed by atoms with Gasteiger partial charge in [-0.3, -0.25) is 0 Å². The smallest absolute Gasteiger partial charge is 0.0587 e. The number of likely N-dealkylation sites (tertiary alicyclic amines) is 1. The molecule has 2 fully saturated rings. The molecule has 17 heavy (non-hydrogen) atoms. The zero-order valence-corrected chi connectivity index (χ0v) is 11.4. The van der Waals surface area contributed by atoms with Crippen LogP contribution in [0.1, 0.15) is 46.0 Å². The normalized spacial score (nSPS) is 40.4. The van der Waals surface area contributed by atoms with Crippen molar-refractivity contribution in [3.05, 3.63) is 0 Å². The highest BCUT2D eigenvalue weighted by molar-refractivity contribution is 4.87. The molecule has 0 radical (unpaired) electrons. The predicted molar refractivity (Wildman–Crippen MR) is 71.0 cm³/mol. The quantitative estimate of drug-likeness (QED) is 0.820. The Morgan fingerprint density at radius 1 is 1.24 bits per heavy atom. The molecule has 3 nitrogen and oxygen atoms in total. The van der Waals surface area contributed by atoms with Crippen molar-refractivity contribution in [2.24, 2.45) is 11.7 Å². The molecule has 2 saturated heterocycles. The standard InChI is InChI=1S/C14H28N2O/c1-11-12(2)16(9-7-14(11)15)8-6-13-5-3-4-10-17-13/h11-14H,3-10,15H2,1-2H3. The zero-order valence-electron chi connectivity index (χ0n) is 11.4. The van der Waals surface area contributed by atoms with Crippen molar-refractivity contribution in [1.29, 1.82) is 0 Å². The molecule has 3 heteroatoms. The summed E-state index contributed by atoms with van der Waals surface area (Å²) in [5.41, 5.74) is 6.12. The highest BCUT2D eigenvalue weighted by Gasteiger charge is 2.30. The van der Waals surface area contributed by atoms with E-state index in [9.17, 15) is 0 Å². The van der Waals surface area contributed by atoms with E-state index in [0.29, 0.717) is 24.1 Å². The van der Waals surface area contributed by atoms with Crippen LogP contribution in [0, 0.1) is 5.92 Å². The van der Waals surface area contributed by atoms with Crippen molar-refractivity contribution in [2.45, 2.75) is 64.1 Å². The summed E-state index contributed by atoms with van der Waals surface area (Å²) in [6.45, 7) is 7.94. The van der Waals surface area contributed by atoms with Crippen molar-refractivity contribution in [2.75, 3.05) is 19.7 Å². The second-order valence-corrected chi connectivity index (χ2v) is 5.87. The second kappa shape index (κ2) is 6.17. The number of hydrogen-bond acceptors (Lipinski definition) is 3. The van der Waals surface area contributed by atoms with Crippen LogP contribution in [-0.4, -0.2) is 42.8 Å². The van der Waals surface area contributed by atoms with Crippen LogP contribution >= 0.6 is 0 Å². The fraction of sp³-hybridized carbons (Fsp3) is 1.00. The molecule has 0 amide bonds. The first kappa shape index (κ1) is 13.3. The van der Waals surface area contributed by atoms with Gasteiger partial charge in [0.15, 0.2) is 0 Å². The first-order valence-electron chi connectivity index (χ1n) is 7.29. The summed E-state index contributed by atoms with van der Waals surface area (Å²) in [7, 11) is 0. The van der Waals surface area contributed by atoms with E-state index in [2.05, 4.69) is 18.7 Å². The van der Waals surface area contributed by atoms with Crippen LogP contribution in [-0.2, 0) is 4.74 Å². The predicted octanol–water partition coefficient (Wildman–Crippen LogP) is 2.00. The number of nitrogens with two attached hydrogens (primary N) is 1. The number of hydrogen-bond donors (Lipinski definition) is 1. The molecule has 100 valence electrons. The average molecular weight is 240 g/mol. The Balaban J connectivity index is 1.74. The molecular weight excluding hydrogens is 212 g/mol. The number of nitrogens with zero attached hydrogens (tertiary/aromatic N) is 1. The summed E-state index contributed by atoms with van der Waals surface area (Å²) in [4.78, 5) is 2.60. The van der Waals surface area contributed by atoms with Gasteiger partial charge in [0.05, 0.1) is 6.10 Å². The van der Waals surface area contributed by atoms with Gasteiger partial charge in [0.2, 0.25) is 0 Å². The lowest BCUT2D eigenvalue weighted by Crippen LogP contribution is -2.52. The van der Waals surface area contributed by atoms with E-state index >= 15 is 0 Å². The number of ether oxygens (including phenoxy) is 1. The lowest BCUT2D eigenvalue weighted by molar-refractivity contribution is -0.00253. The summed E-state index contributed by atoms with van der Waals surface area (Å²) in [5.74, 6) is 0.621. The molecule has 0 aromatic rings. The summed E-state index contributed by atoms with van der Waals surface area (Å²) >= 11 is 0. The van der Waals surface area contributed by atoms with Gasteiger partial charge in [-0.1, -0.05) is 6.92 Å². The third-order valence-electron chi connectivity index (χ3n) is 4.77. The van der Waals surface area contributed by atoms with Gasteiger partial charge in [-0.15, -0.1) is 0 Å². The van der Waals surface area contributed by atoms with Gasteiger partial charge in [0, 0.05) is 25.2 Å². The van der Waals surface area contributed by atoms with Crippen LogP contribution in [0.25, 0.3) is 0 Å². The van der Waals surface area contributed by atoms with Crippen LogP contribution in [0.4, 0.5) is 0 Å². The molecule has 0 spiro atoms. The van der Waals surface area contributed by atoms with E-state index in [0.717, 1.165) is 13.0 Å². The molecule has 0 aromatic heterocycles. The van der Waals surface area contributed by atoms with E-state index in [4.69, 9.17) is 10.5 Å². The first-order valence-corrected chi connectivity index (χ1v) is 7.29. The minimum atomic E-state index is 0.396. The van der Waals surface area contributed by atoms with Crippen LogP contribution in [0.2, 0.25) is 0 Å². The van der Waals surface area contributed by atoms with Crippen LogP contribution in [0.5, 0.6) is 0 Å². The second-order valence-electron chi connectivity index (χ2n) is 5.87. The third kappa shape index (κ3) is 3.43. The molecule has 2 rings (SSSR count). The number of rotatable bonds is 3. The summed E-state index contributed by atoms with van der Waals surface area (Å²) in [6.07, 6.45) is 6.73. The molecule has 0 aromatic carbocycles. The molecule has 4 unspecified atom stereocenters. The Morgan fingerprint density at radius 2 is 2.06 bits per heavy atom. The average Bonchev–Trinajstić information content (AvgIpc) is 2.36. The zero-order chi connectivity index (χ0) is 12.3. The summed E-state index contributed by atoms with van der Waals surface area (Å²) in [5, 5.41) is 0. The SMILES string of the molecule is CC1C(N)CCN(CCC2CCCCO2)C1C. The fourth-order valence-corrected chi connectivity index (χ4v) is 3.13. The minimum Gasteiger partial charge on any atom is -0.378 e. The number of piperidine rings is 1. The molecule has 2 aliphatic rings. The lowest BCUT2D eigenvalue weighted by Gasteiger charge is -2.42. The van der Waals surface area contributed by atoms with Crippen molar-refractivity contribution in [3.63, 3.8) is 0 Å². The minimum absolute atomic E-state index is 0.396. The molecule has 0 saturated carbocycles. The van der Waals surface area contributed by atoms with Crippen molar-refractivity contribution >= 4 is 0 Å². The van der Waals surface area contributed by atoms with E-state index in [1.807, 2.05) is 0 Å². The molecule has 4 atom stereocenters. The van der Waals surface area contributed by atoms with Gasteiger partial charge in [-0.05, 0) is 51.5 Å². The highest BCUT2D eigenvalue weighted by Crippen LogP contribution is 2.23. The summed E-state index contributed by atoms with van der Waals surface area (Å²) < 4.78 is 5.80. The topological polar surface area (TPSA) is 38.5 Å². The Morgan fingerprint density at radius 3 is 2.76 bits per heavy atom. The van der Waals surface area contributed by atoms with E-state index < -0.39 is 0 Å². The van der Waals surface area contributed by atoms with Gasteiger partial charge in [0.25, 0.3) is 0 Å². The van der Waals surface area contributed by atoms with Crippen molar-refractivity contribution in [1.82, 2.24) is 4.90 Å². The van der Waals surface area contributed by atoms with Crippen LogP contribution in [0.15, 0.2) is 0 Å².